The third-order valence-electron chi connectivity index (χ3n) is 5.45. The number of aromatic amines is 1. The SMILES string of the molecule is COc1cccc(-c2nnc(SCC(=O)c3[nH]c(C)c(C(C)=O)c3C)n2-c2ccc(Cl)cc2)c1. The Morgan fingerprint density at radius 3 is 2.50 bits per heavy atom. The minimum Gasteiger partial charge on any atom is -0.497 e. The summed E-state index contributed by atoms with van der Waals surface area (Å²) in [4.78, 5) is 28.0. The number of Topliss-reactive ketones (excluding diaryl/α,β-unsaturated/α-hetero) is 2. The summed E-state index contributed by atoms with van der Waals surface area (Å²) in [6, 6.07) is 14.9. The van der Waals surface area contributed by atoms with Crippen molar-refractivity contribution in [2.24, 2.45) is 0 Å². The molecule has 1 N–H and O–H groups in total. The summed E-state index contributed by atoms with van der Waals surface area (Å²) in [7, 11) is 1.61. The first-order valence-electron chi connectivity index (χ1n) is 10.5. The third-order valence-corrected chi connectivity index (χ3v) is 6.63. The highest BCUT2D eigenvalue weighted by molar-refractivity contribution is 7.99. The van der Waals surface area contributed by atoms with Crippen LogP contribution in [0.1, 0.15) is 39.0 Å². The predicted octanol–water partition coefficient (Wildman–Crippen LogP) is 5.72. The summed E-state index contributed by atoms with van der Waals surface area (Å²) in [6.45, 7) is 5.08. The van der Waals surface area contributed by atoms with Crippen LogP contribution in [0, 0.1) is 13.8 Å². The Kier molecular flexibility index (Phi) is 6.90. The van der Waals surface area contributed by atoms with E-state index in [1.807, 2.05) is 41.0 Å². The summed E-state index contributed by atoms with van der Waals surface area (Å²) in [5, 5.41) is 9.95. The smallest absolute Gasteiger partial charge is 0.196 e. The second-order valence-corrected chi connectivity index (χ2v) is 9.12. The van der Waals surface area contributed by atoms with Crippen molar-refractivity contribution in [2.75, 3.05) is 12.9 Å². The first-order chi connectivity index (χ1) is 16.3. The van der Waals surface area contributed by atoms with E-state index in [1.54, 1.807) is 33.1 Å². The molecule has 2 aromatic carbocycles. The standard InChI is InChI=1S/C25H23ClN4O3S/c1-14-22(16(3)31)15(2)27-23(14)21(32)13-34-25-29-28-24(17-6-5-7-20(12-17)33-4)30(25)19-10-8-18(26)9-11-19/h5-12,27H,13H2,1-4H3. The minimum atomic E-state index is -0.119. The number of nitrogens with one attached hydrogen (secondary N) is 1. The fourth-order valence-electron chi connectivity index (χ4n) is 3.89. The summed E-state index contributed by atoms with van der Waals surface area (Å²) < 4.78 is 7.25. The largest absolute Gasteiger partial charge is 0.497 e. The average Bonchev–Trinajstić information content (AvgIpc) is 3.38. The molecule has 0 spiro atoms. The van der Waals surface area contributed by atoms with Gasteiger partial charge in [-0.3, -0.25) is 14.2 Å². The molecule has 0 bridgehead atoms. The molecule has 0 fully saturated rings. The lowest BCUT2D eigenvalue weighted by Gasteiger charge is -2.11. The van der Waals surface area contributed by atoms with Gasteiger partial charge in [0.2, 0.25) is 0 Å². The van der Waals surface area contributed by atoms with Crippen LogP contribution in [0.15, 0.2) is 53.7 Å². The molecule has 7 nitrogen and oxygen atoms in total. The number of ether oxygens (including phenoxy) is 1. The molecule has 0 saturated carbocycles. The second kappa shape index (κ2) is 9.87. The molecule has 9 heteroatoms. The maximum absolute atomic E-state index is 13.0. The zero-order valence-corrected chi connectivity index (χ0v) is 20.8. The van der Waals surface area contributed by atoms with Gasteiger partial charge < -0.3 is 9.72 Å². The zero-order chi connectivity index (χ0) is 24.4. The lowest BCUT2D eigenvalue weighted by atomic mass is 10.1. The minimum absolute atomic E-state index is 0.0663. The number of hydrogen-bond acceptors (Lipinski definition) is 6. The van der Waals surface area contributed by atoms with Crippen molar-refractivity contribution >= 4 is 34.9 Å². The molecule has 2 aromatic heterocycles. The average molecular weight is 495 g/mol. The van der Waals surface area contributed by atoms with Crippen LogP contribution in [-0.2, 0) is 0 Å². The van der Waals surface area contributed by atoms with Crippen LogP contribution in [0.2, 0.25) is 5.02 Å². The molecule has 174 valence electrons. The van der Waals surface area contributed by atoms with Crippen molar-refractivity contribution in [1.29, 1.82) is 0 Å². The molecular formula is C25H23ClN4O3S. The van der Waals surface area contributed by atoms with Gasteiger partial charge in [-0.25, -0.2) is 0 Å². The monoisotopic (exact) mass is 494 g/mol. The Labute approximate surface area is 206 Å². The fourth-order valence-corrected chi connectivity index (χ4v) is 4.84. The number of rotatable bonds is 8. The molecule has 0 aliphatic rings. The number of methoxy groups -OCH3 is 1. The molecule has 0 amide bonds. The van der Waals surface area contributed by atoms with E-state index in [4.69, 9.17) is 16.3 Å². The highest BCUT2D eigenvalue weighted by Gasteiger charge is 2.22. The molecule has 0 unspecified atom stereocenters. The van der Waals surface area contributed by atoms with Gasteiger partial charge in [0, 0.05) is 27.5 Å². The van der Waals surface area contributed by atoms with Gasteiger partial charge in [-0.05, 0) is 62.7 Å². The van der Waals surface area contributed by atoms with Gasteiger partial charge in [0.1, 0.15) is 5.75 Å². The molecule has 4 rings (SSSR count). The van der Waals surface area contributed by atoms with Gasteiger partial charge in [-0.15, -0.1) is 10.2 Å². The van der Waals surface area contributed by atoms with E-state index in [0.717, 1.165) is 11.3 Å². The Morgan fingerprint density at radius 2 is 1.85 bits per heavy atom. The van der Waals surface area contributed by atoms with Crippen LogP contribution in [-0.4, -0.2) is 44.2 Å². The van der Waals surface area contributed by atoms with E-state index >= 15 is 0 Å². The Morgan fingerprint density at radius 1 is 1.12 bits per heavy atom. The van der Waals surface area contributed by atoms with E-state index in [-0.39, 0.29) is 17.3 Å². The Balaban J connectivity index is 1.69. The van der Waals surface area contributed by atoms with E-state index in [9.17, 15) is 9.59 Å². The summed E-state index contributed by atoms with van der Waals surface area (Å²) >= 11 is 7.37. The van der Waals surface area contributed by atoms with Crippen LogP contribution < -0.4 is 4.74 Å². The number of carbonyl (C=O) groups is 2. The number of hydrogen-bond donors (Lipinski definition) is 1. The molecule has 0 saturated heterocycles. The predicted molar refractivity (Wildman–Crippen MR) is 134 cm³/mol. The maximum atomic E-state index is 13.0. The number of benzene rings is 2. The molecule has 0 aliphatic carbocycles. The number of aryl methyl sites for hydroxylation is 1. The quantitative estimate of drug-likeness (QED) is 0.249. The Hall–Kier alpha value is -3.36. The lowest BCUT2D eigenvalue weighted by Crippen LogP contribution is -2.07. The molecule has 4 aromatic rings. The van der Waals surface area contributed by atoms with Crippen LogP contribution in [0.5, 0.6) is 5.75 Å². The zero-order valence-electron chi connectivity index (χ0n) is 19.2. The normalized spacial score (nSPS) is 11.0. The van der Waals surface area contributed by atoms with Crippen molar-refractivity contribution in [3.63, 3.8) is 0 Å². The van der Waals surface area contributed by atoms with E-state index < -0.39 is 0 Å². The fraction of sp³-hybridized carbons (Fsp3) is 0.200. The summed E-state index contributed by atoms with van der Waals surface area (Å²) in [5.74, 6) is 1.26. The van der Waals surface area contributed by atoms with Gasteiger partial charge >= 0.3 is 0 Å². The number of carbonyl (C=O) groups excluding carboxylic acids is 2. The van der Waals surface area contributed by atoms with Crippen LogP contribution in [0.4, 0.5) is 0 Å². The lowest BCUT2D eigenvalue weighted by molar-refractivity contribution is 0.101. The molecular weight excluding hydrogens is 472 g/mol. The first-order valence-corrected chi connectivity index (χ1v) is 11.9. The number of nitrogens with zero attached hydrogens (tertiary/aromatic N) is 3. The molecule has 2 heterocycles. The van der Waals surface area contributed by atoms with Crippen molar-refractivity contribution in [1.82, 2.24) is 19.7 Å². The van der Waals surface area contributed by atoms with Gasteiger partial charge in [0.05, 0.1) is 18.6 Å². The highest BCUT2D eigenvalue weighted by Crippen LogP contribution is 2.31. The van der Waals surface area contributed by atoms with Crippen molar-refractivity contribution < 1.29 is 14.3 Å². The number of thioether (sulfide) groups is 1. The topological polar surface area (TPSA) is 89.9 Å². The van der Waals surface area contributed by atoms with Crippen LogP contribution in [0.3, 0.4) is 0 Å². The second-order valence-electron chi connectivity index (χ2n) is 7.74. The number of halogens is 1. The summed E-state index contributed by atoms with van der Waals surface area (Å²) in [5.41, 5.74) is 4.02. The highest BCUT2D eigenvalue weighted by atomic mass is 35.5. The van der Waals surface area contributed by atoms with Gasteiger partial charge in [-0.2, -0.15) is 0 Å². The van der Waals surface area contributed by atoms with Gasteiger partial charge in [0.25, 0.3) is 0 Å². The Bertz CT molecular complexity index is 1380. The maximum Gasteiger partial charge on any atom is 0.196 e. The molecule has 0 atom stereocenters. The van der Waals surface area contributed by atoms with Crippen LogP contribution in [0.25, 0.3) is 17.1 Å². The van der Waals surface area contributed by atoms with Gasteiger partial charge in [-0.1, -0.05) is 35.5 Å². The number of aromatic nitrogens is 4. The summed E-state index contributed by atoms with van der Waals surface area (Å²) in [6.07, 6.45) is 0. The van der Waals surface area contributed by atoms with E-state index in [2.05, 4.69) is 15.2 Å². The van der Waals surface area contributed by atoms with Crippen molar-refractivity contribution in [2.45, 2.75) is 25.9 Å². The third kappa shape index (κ3) is 4.64. The number of H-pyrrole nitrogens is 1. The van der Waals surface area contributed by atoms with Crippen molar-refractivity contribution in [3.8, 4) is 22.8 Å². The number of ketones is 2. The van der Waals surface area contributed by atoms with E-state index in [0.29, 0.717) is 44.3 Å². The van der Waals surface area contributed by atoms with Gasteiger partial charge in [0.15, 0.2) is 22.5 Å². The van der Waals surface area contributed by atoms with E-state index in [1.165, 1.54) is 18.7 Å². The molecule has 0 radical (unpaired) electrons. The van der Waals surface area contributed by atoms with Crippen molar-refractivity contribution in [3.05, 3.63) is 76.1 Å². The molecule has 34 heavy (non-hydrogen) atoms. The van der Waals surface area contributed by atoms with Crippen LogP contribution >= 0.6 is 23.4 Å². The molecule has 0 aliphatic heterocycles. The first kappa shape index (κ1) is 23.8.